The Morgan fingerprint density at radius 2 is 2.06 bits per heavy atom. The Morgan fingerprint density at radius 3 is 2.81 bits per heavy atom. The number of hydrogen-bond donors (Lipinski definition) is 1. The van der Waals surface area contributed by atoms with Crippen LogP contribution >= 0.6 is 0 Å². The van der Waals surface area contributed by atoms with Crippen molar-refractivity contribution in [3.8, 4) is 28.8 Å². The minimum Gasteiger partial charge on any atom is -0.494 e. The van der Waals surface area contributed by atoms with E-state index in [0.717, 1.165) is 36.4 Å². The number of rotatable bonds is 11. The first kappa shape index (κ1) is 24.5. The molecule has 8 nitrogen and oxygen atoms in total. The van der Waals surface area contributed by atoms with Crippen molar-refractivity contribution < 1.29 is 9.53 Å². The van der Waals surface area contributed by atoms with Crippen LogP contribution in [0.1, 0.15) is 25.3 Å². The summed E-state index contributed by atoms with van der Waals surface area (Å²) in [5.74, 6) is 0.330. The first-order chi connectivity index (χ1) is 17.7. The maximum Gasteiger partial charge on any atom is 0.261 e. The number of carbonyl (C=O) groups is 1. The van der Waals surface area contributed by atoms with Crippen molar-refractivity contribution in [1.82, 2.24) is 24.6 Å². The van der Waals surface area contributed by atoms with E-state index in [1.165, 1.54) is 0 Å². The van der Waals surface area contributed by atoms with Crippen molar-refractivity contribution in [2.45, 2.75) is 26.3 Å². The van der Waals surface area contributed by atoms with Crippen molar-refractivity contribution in [3.05, 3.63) is 90.7 Å². The van der Waals surface area contributed by atoms with Gasteiger partial charge < -0.3 is 14.6 Å². The highest BCUT2D eigenvalue weighted by molar-refractivity contribution is 6.02. The van der Waals surface area contributed by atoms with Crippen molar-refractivity contribution in [3.63, 3.8) is 0 Å². The summed E-state index contributed by atoms with van der Waals surface area (Å²) in [5, 5.41) is 17.4. The highest BCUT2D eigenvalue weighted by Crippen LogP contribution is 2.28. The molecule has 0 unspecified atom stereocenters. The minimum absolute atomic E-state index is 0.0184. The number of aromatic nitrogens is 4. The van der Waals surface area contributed by atoms with Gasteiger partial charge in [0.25, 0.3) is 5.91 Å². The third kappa shape index (κ3) is 6.27. The molecule has 1 amide bonds. The predicted octanol–water partition coefficient (Wildman–Crippen LogP) is 4.64. The third-order valence-electron chi connectivity index (χ3n) is 5.45. The van der Waals surface area contributed by atoms with Crippen LogP contribution in [0.15, 0.2) is 85.1 Å². The van der Waals surface area contributed by atoms with Crippen LogP contribution in [0.3, 0.4) is 0 Å². The first-order valence-electron chi connectivity index (χ1n) is 11.9. The summed E-state index contributed by atoms with van der Waals surface area (Å²) in [4.78, 5) is 16.8. The van der Waals surface area contributed by atoms with Gasteiger partial charge in [0.05, 0.1) is 18.6 Å². The van der Waals surface area contributed by atoms with E-state index < -0.39 is 5.91 Å². The van der Waals surface area contributed by atoms with Crippen molar-refractivity contribution >= 4 is 12.0 Å². The number of aryl methyl sites for hydroxylation is 1. The molecule has 0 spiro atoms. The zero-order valence-electron chi connectivity index (χ0n) is 20.2. The number of benzene rings is 2. The molecule has 2 aromatic carbocycles. The number of imidazole rings is 1. The van der Waals surface area contributed by atoms with Crippen molar-refractivity contribution in [2.75, 3.05) is 13.2 Å². The topological polar surface area (TPSA) is 97.8 Å². The molecule has 0 saturated heterocycles. The Bertz CT molecular complexity index is 1350. The summed E-state index contributed by atoms with van der Waals surface area (Å²) < 4.78 is 9.49. The molecule has 4 aromatic rings. The van der Waals surface area contributed by atoms with Crippen LogP contribution in [0.25, 0.3) is 23.0 Å². The smallest absolute Gasteiger partial charge is 0.261 e. The van der Waals surface area contributed by atoms with Gasteiger partial charge >= 0.3 is 0 Å². The molecule has 1 N–H and O–H groups in total. The third-order valence-corrected chi connectivity index (χ3v) is 5.45. The lowest BCUT2D eigenvalue weighted by molar-refractivity contribution is -0.117. The van der Waals surface area contributed by atoms with Gasteiger partial charge in [-0.3, -0.25) is 4.79 Å². The summed E-state index contributed by atoms with van der Waals surface area (Å²) >= 11 is 0. The van der Waals surface area contributed by atoms with E-state index in [-0.39, 0.29) is 5.57 Å². The molecule has 0 aliphatic carbocycles. The van der Waals surface area contributed by atoms with E-state index in [2.05, 4.69) is 17.2 Å². The van der Waals surface area contributed by atoms with E-state index in [4.69, 9.17) is 9.84 Å². The van der Waals surface area contributed by atoms with Gasteiger partial charge in [-0.2, -0.15) is 10.4 Å². The standard InChI is InChI=1S/C28H28N6O2/c1-2-16-36-26-11-6-8-22(18-26)27-24(20-34(32-27)25-9-4-3-5-10-25)17-23(19-29)28(35)31-12-7-14-33-15-13-30-21-33/h3-6,8-11,13,15,17-18,20-21H,2,7,12,14,16H2,1H3,(H,31,35)/b23-17-. The monoisotopic (exact) mass is 480 g/mol. The highest BCUT2D eigenvalue weighted by atomic mass is 16.5. The summed E-state index contributed by atoms with van der Waals surface area (Å²) in [6.07, 6.45) is 10.4. The number of ether oxygens (including phenoxy) is 1. The Labute approximate surface area is 210 Å². The quantitative estimate of drug-likeness (QED) is 0.192. The SMILES string of the molecule is CCCOc1cccc(-c2nn(-c3ccccc3)cc2/C=C(/C#N)C(=O)NCCCn2ccnc2)c1. The zero-order valence-corrected chi connectivity index (χ0v) is 20.2. The molecule has 4 rings (SSSR count). The van der Waals surface area contributed by atoms with Crippen LogP contribution in [-0.2, 0) is 11.3 Å². The summed E-state index contributed by atoms with van der Waals surface area (Å²) in [5.41, 5.74) is 3.05. The number of nitrogens with one attached hydrogen (secondary N) is 1. The molecule has 0 bridgehead atoms. The van der Waals surface area contributed by atoms with E-state index >= 15 is 0 Å². The average molecular weight is 481 g/mol. The van der Waals surface area contributed by atoms with Gasteiger partial charge in [0.15, 0.2) is 0 Å². The van der Waals surface area contributed by atoms with Gasteiger partial charge in [-0.05, 0) is 43.2 Å². The lowest BCUT2D eigenvalue weighted by atomic mass is 10.1. The first-order valence-corrected chi connectivity index (χ1v) is 11.9. The molecule has 0 fully saturated rings. The van der Waals surface area contributed by atoms with E-state index in [9.17, 15) is 10.1 Å². The van der Waals surface area contributed by atoms with Gasteiger partial charge in [0.2, 0.25) is 0 Å². The molecule has 2 heterocycles. The second-order valence-corrected chi connectivity index (χ2v) is 8.17. The largest absolute Gasteiger partial charge is 0.494 e. The minimum atomic E-state index is -0.415. The fraction of sp³-hybridized carbons (Fsp3) is 0.214. The molecule has 0 aliphatic heterocycles. The maximum atomic E-state index is 12.8. The summed E-state index contributed by atoms with van der Waals surface area (Å²) in [6, 6.07) is 19.4. The van der Waals surface area contributed by atoms with Gasteiger partial charge in [0.1, 0.15) is 23.1 Å². The van der Waals surface area contributed by atoms with Crippen LogP contribution < -0.4 is 10.1 Å². The van der Waals surface area contributed by atoms with E-state index in [1.54, 1.807) is 23.3 Å². The van der Waals surface area contributed by atoms with E-state index in [0.29, 0.717) is 24.4 Å². The van der Waals surface area contributed by atoms with Gasteiger partial charge in [-0.1, -0.05) is 37.3 Å². The van der Waals surface area contributed by atoms with Crippen LogP contribution in [0, 0.1) is 11.3 Å². The van der Waals surface area contributed by atoms with Crippen LogP contribution in [0.4, 0.5) is 0 Å². The maximum absolute atomic E-state index is 12.8. The molecule has 0 radical (unpaired) electrons. The normalized spacial score (nSPS) is 11.2. The number of para-hydroxylation sites is 1. The number of nitriles is 1. The van der Waals surface area contributed by atoms with Crippen LogP contribution in [0.2, 0.25) is 0 Å². The van der Waals surface area contributed by atoms with Crippen LogP contribution in [-0.4, -0.2) is 38.4 Å². The number of carbonyl (C=O) groups excluding carboxylic acids is 1. The molecular weight excluding hydrogens is 452 g/mol. The average Bonchev–Trinajstić information content (AvgIpc) is 3.59. The Kier molecular flexibility index (Phi) is 8.28. The van der Waals surface area contributed by atoms with Gasteiger partial charge in [-0.15, -0.1) is 0 Å². The van der Waals surface area contributed by atoms with Crippen LogP contribution in [0.5, 0.6) is 5.75 Å². The lowest BCUT2D eigenvalue weighted by Gasteiger charge is -2.07. The predicted molar refractivity (Wildman–Crippen MR) is 138 cm³/mol. The zero-order chi connectivity index (χ0) is 25.2. The molecule has 8 heteroatoms. The number of hydrogen-bond acceptors (Lipinski definition) is 5. The second kappa shape index (κ2) is 12.2. The van der Waals surface area contributed by atoms with Crippen molar-refractivity contribution in [2.24, 2.45) is 0 Å². The molecule has 182 valence electrons. The fourth-order valence-electron chi connectivity index (χ4n) is 3.67. The summed E-state index contributed by atoms with van der Waals surface area (Å²) in [7, 11) is 0. The van der Waals surface area contributed by atoms with Gasteiger partial charge in [-0.25, -0.2) is 9.67 Å². The molecule has 0 saturated carbocycles. The fourth-order valence-corrected chi connectivity index (χ4v) is 3.67. The molecule has 0 aliphatic rings. The lowest BCUT2D eigenvalue weighted by Crippen LogP contribution is -2.26. The second-order valence-electron chi connectivity index (χ2n) is 8.17. The Balaban J connectivity index is 1.60. The Morgan fingerprint density at radius 1 is 1.19 bits per heavy atom. The Hall–Kier alpha value is -4.64. The molecule has 0 atom stereocenters. The number of amides is 1. The van der Waals surface area contributed by atoms with Crippen molar-refractivity contribution in [1.29, 1.82) is 5.26 Å². The highest BCUT2D eigenvalue weighted by Gasteiger charge is 2.15. The molecular formula is C28H28N6O2. The number of nitrogens with zero attached hydrogens (tertiary/aromatic N) is 5. The van der Waals surface area contributed by atoms with E-state index in [1.807, 2.05) is 77.6 Å². The summed E-state index contributed by atoms with van der Waals surface area (Å²) in [6.45, 7) is 3.86. The van der Waals surface area contributed by atoms with Gasteiger partial charge in [0, 0.05) is 42.8 Å². The molecule has 2 aromatic heterocycles. The molecule has 36 heavy (non-hydrogen) atoms.